The Morgan fingerprint density at radius 1 is 1.08 bits per heavy atom. The van der Waals surface area contributed by atoms with E-state index < -0.39 is 23.6 Å². The van der Waals surface area contributed by atoms with Crippen molar-refractivity contribution in [1.29, 1.82) is 0 Å². The second kappa shape index (κ2) is 8.55. The Labute approximate surface area is 148 Å². The molecule has 0 heterocycles. The van der Waals surface area contributed by atoms with E-state index >= 15 is 0 Å². The molecule has 5 nitrogen and oxygen atoms in total. The summed E-state index contributed by atoms with van der Waals surface area (Å²) >= 11 is 5.93. The standard InChI is InChI=1S/C17H16ClF2N3O2/c1-23(9-11-12(18)5-4-7-13(11)19)10-16(24)22-17(25)21-15-8-3-2-6-14(15)20/h2-8H,9-10H2,1H3,(H2,21,22,24,25). The van der Waals surface area contributed by atoms with Gasteiger partial charge in [0.15, 0.2) is 0 Å². The van der Waals surface area contributed by atoms with Crippen molar-refractivity contribution >= 4 is 29.2 Å². The molecule has 0 aliphatic carbocycles. The normalized spacial score (nSPS) is 10.6. The van der Waals surface area contributed by atoms with E-state index in [1.165, 1.54) is 35.2 Å². The monoisotopic (exact) mass is 367 g/mol. The lowest BCUT2D eigenvalue weighted by Crippen LogP contribution is -2.40. The molecule has 0 saturated carbocycles. The lowest BCUT2D eigenvalue weighted by Gasteiger charge is -2.17. The number of benzene rings is 2. The highest BCUT2D eigenvalue weighted by Crippen LogP contribution is 2.20. The Balaban J connectivity index is 1.87. The average molecular weight is 368 g/mol. The van der Waals surface area contributed by atoms with Crippen molar-refractivity contribution in [3.8, 4) is 0 Å². The number of imide groups is 1. The van der Waals surface area contributed by atoms with Crippen LogP contribution < -0.4 is 10.6 Å². The van der Waals surface area contributed by atoms with E-state index in [2.05, 4.69) is 10.6 Å². The number of para-hydroxylation sites is 1. The summed E-state index contributed by atoms with van der Waals surface area (Å²) in [5, 5.41) is 4.57. The molecule has 3 amide bonds. The number of carbonyl (C=O) groups is 2. The maximum Gasteiger partial charge on any atom is 0.326 e. The summed E-state index contributed by atoms with van der Waals surface area (Å²) in [6.07, 6.45) is 0. The lowest BCUT2D eigenvalue weighted by atomic mass is 10.2. The van der Waals surface area contributed by atoms with Crippen LogP contribution >= 0.6 is 11.6 Å². The molecule has 0 saturated heterocycles. The number of halogens is 3. The van der Waals surface area contributed by atoms with Gasteiger partial charge in [-0.1, -0.05) is 29.8 Å². The van der Waals surface area contributed by atoms with Gasteiger partial charge >= 0.3 is 6.03 Å². The van der Waals surface area contributed by atoms with E-state index in [0.717, 1.165) is 0 Å². The molecule has 0 aromatic heterocycles. The Bertz CT molecular complexity index is 766. The predicted molar refractivity (Wildman–Crippen MR) is 91.3 cm³/mol. The van der Waals surface area contributed by atoms with Gasteiger partial charge in [-0.3, -0.25) is 15.0 Å². The van der Waals surface area contributed by atoms with Crippen molar-refractivity contribution in [2.75, 3.05) is 18.9 Å². The number of hydrogen-bond donors (Lipinski definition) is 2. The summed E-state index contributed by atoms with van der Waals surface area (Å²) in [7, 11) is 1.58. The number of nitrogens with zero attached hydrogens (tertiary/aromatic N) is 1. The summed E-state index contributed by atoms with van der Waals surface area (Å²) in [4.78, 5) is 25.1. The highest BCUT2D eigenvalue weighted by molar-refractivity contribution is 6.31. The first-order chi connectivity index (χ1) is 11.9. The Morgan fingerprint density at radius 2 is 1.76 bits per heavy atom. The predicted octanol–water partition coefficient (Wildman–Crippen LogP) is 3.40. The van der Waals surface area contributed by atoms with Crippen LogP contribution in [0.25, 0.3) is 0 Å². The molecule has 0 radical (unpaired) electrons. The third kappa shape index (κ3) is 5.51. The number of anilines is 1. The second-order valence-corrected chi connectivity index (χ2v) is 5.76. The van der Waals surface area contributed by atoms with Crippen LogP contribution in [-0.2, 0) is 11.3 Å². The molecular weight excluding hydrogens is 352 g/mol. The van der Waals surface area contributed by atoms with E-state index in [9.17, 15) is 18.4 Å². The maximum absolute atomic E-state index is 13.7. The fourth-order valence-corrected chi connectivity index (χ4v) is 2.36. The van der Waals surface area contributed by atoms with Crippen molar-refractivity contribution in [3.63, 3.8) is 0 Å². The van der Waals surface area contributed by atoms with Crippen LogP contribution in [-0.4, -0.2) is 30.4 Å². The largest absolute Gasteiger partial charge is 0.326 e. The quantitative estimate of drug-likeness (QED) is 0.851. The molecule has 0 aliphatic heterocycles. The van der Waals surface area contributed by atoms with Crippen molar-refractivity contribution in [2.24, 2.45) is 0 Å². The van der Waals surface area contributed by atoms with Gasteiger partial charge in [0, 0.05) is 17.1 Å². The summed E-state index contributed by atoms with van der Waals surface area (Å²) in [6, 6.07) is 9.04. The van der Waals surface area contributed by atoms with E-state index in [1.54, 1.807) is 19.2 Å². The lowest BCUT2D eigenvalue weighted by molar-refractivity contribution is -0.120. The minimum Gasteiger partial charge on any atom is -0.305 e. The van der Waals surface area contributed by atoms with E-state index in [0.29, 0.717) is 0 Å². The molecule has 8 heteroatoms. The molecule has 2 aromatic rings. The maximum atomic E-state index is 13.7. The molecule has 0 bridgehead atoms. The number of hydrogen-bond acceptors (Lipinski definition) is 3. The zero-order chi connectivity index (χ0) is 18.4. The minimum atomic E-state index is -0.854. The van der Waals surface area contributed by atoms with Crippen molar-refractivity contribution in [3.05, 3.63) is 64.7 Å². The molecule has 0 unspecified atom stereocenters. The first-order valence-electron chi connectivity index (χ1n) is 7.33. The highest BCUT2D eigenvalue weighted by atomic mass is 35.5. The van der Waals surface area contributed by atoms with Gasteiger partial charge in [0.1, 0.15) is 11.6 Å². The zero-order valence-corrected chi connectivity index (χ0v) is 14.1. The topological polar surface area (TPSA) is 61.4 Å². The van der Waals surface area contributed by atoms with Gasteiger partial charge in [0.05, 0.1) is 12.2 Å². The van der Waals surface area contributed by atoms with Crippen LogP contribution in [0.2, 0.25) is 5.02 Å². The summed E-state index contributed by atoms with van der Waals surface area (Å²) in [5.41, 5.74) is 0.217. The Morgan fingerprint density at radius 3 is 2.44 bits per heavy atom. The third-order valence-corrected chi connectivity index (χ3v) is 3.63. The molecule has 2 aromatic carbocycles. The van der Waals surface area contributed by atoms with Crippen LogP contribution in [0.1, 0.15) is 5.56 Å². The van der Waals surface area contributed by atoms with Crippen LogP contribution in [0.3, 0.4) is 0 Å². The number of urea groups is 1. The first-order valence-corrected chi connectivity index (χ1v) is 7.71. The number of carbonyl (C=O) groups excluding carboxylic acids is 2. The van der Waals surface area contributed by atoms with E-state index in [1.807, 2.05) is 0 Å². The summed E-state index contributed by atoms with van der Waals surface area (Å²) in [6.45, 7) is -0.0801. The smallest absolute Gasteiger partial charge is 0.305 e. The fourth-order valence-electron chi connectivity index (χ4n) is 2.14. The number of amides is 3. The molecule has 0 aliphatic rings. The van der Waals surface area contributed by atoms with Crippen LogP contribution in [0.5, 0.6) is 0 Å². The van der Waals surface area contributed by atoms with Gasteiger partial charge in [-0.15, -0.1) is 0 Å². The summed E-state index contributed by atoms with van der Waals surface area (Å²) in [5.74, 6) is -1.71. The van der Waals surface area contributed by atoms with Crippen LogP contribution in [0.15, 0.2) is 42.5 Å². The fraction of sp³-hybridized carbons (Fsp3) is 0.176. The summed E-state index contributed by atoms with van der Waals surface area (Å²) < 4.78 is 27.2. The van der Waals surface area contributed by atoms with Gasteiger partial charge in [-0.05, 0) is 31.3 Å². The van der Waals surface area contributed by atoms with Gasteiger partial charge in [0.25, 0.3) is 0 Å². The second-order valence-electron chi connectivity index (χ2n) is 5.35. The van der Waals surface area contributed by atoms with Crippen molar-refractivity contribution < 1.29 is 18.4 Å². The Kier molecular flexibility index (Phi) is 6.44. The average Bonchev–Trinajstić information content (AvgIpc) is 2.53. The number of likely N-dealkylation sites (N-methyl/N-ethyl adjacent to an activating group) is 1. The third-order valence-electron chi connectivity index (χ3n) is 3.28. The van der Waals surface area contributed by atoms with Gasteiger partial charge in [-0.25, -0.2) is 13.6 Å². The van der Waals surface area contributed by atoms with Gasteiger partial charge in [-0.2, -0.15) is 0 Å². The first kappa shape index (κ1) is 18.8. The van der Waals surface area contributed by atoms with Crippen molar-refractivity contribution in [2.45, 2.75) is 6.54 Å². The molecule has 132 valence electrons. The molecule has 25 heavy (non-hydrogen) atoms. The number of rotatable bonds is 5. The van der Waals surface area contributed by atoms with Crippen LogP contribution in [0.4, 0.5) is 19.3 Å². The molecule has 0 fully saturated rings. The Hall–Kier alpha value is -2.51. The van der Waals surface area contributed by atoms with E-state index in [4.69, 9.17) is 11.6 Å². The van der Waals surface area contributed by atoms with Crippen LogP contribution in [0, 0.1) is 11.6 Å². The van der Waals surface area contributed by atoms with Gasteiger partial charge in [0.2, 0.25) is 5.91 Å². The molecular formula is C17H16ClF2N3O2. The molecule has 2 N–H and O–H groups in total. The zero-order valence-electron chi connectivity index (χ0n) is 13.4. The number of nitrogens with one attached hydrogen (secondary N) is 2. The molecule has 0 spiro atoms. The molecule has 0 atom stereocenters. The SMILES string of the molecule is CN(CC(=O)NC(=O)Nc1ccccc1F)Cc1c(F)cccc1Cl. The van der Waals surface area contributed by atoms with Gasteiger partial charge < -0.3 is 5.32 Å². The molecule has 2 rings (SSSR count). The van der Waals surface area contributed by atoms with Crippen molar-refractivity contribution in [1.82, 2.24) is 10.2 Å². The highest BCUT2D eigenvalue weighted by Gasteiger charge is 2.15. The minimum absolute atomic E-state index is 0.0423. The van der Waals surface area contributed by atoms with E-state index in [-0.39, 0.29) is 29.4 Å².